The zero-order valence-corrected chi connectivity index (χ0v) is 15.8. The summed E-state index contributed by atoms with van der Waals surface area (Å²) >= 11 is 0. The number of para-hydroxylation sites is 1. The smallest absolute Gasteiger partial charge is 0.329 e. The van der Waals surface area contributed by atoms with E-state index in [1.807, 2.05) is 0 Å². The lowest BCUT2D eigenvalue weighted by Crippen LogP contribution is -2.41. The molecule has 7 nitrogen and oxygen atoms in total. The molecule has 1 aliphatic rings. The van der Waals surface area contributed by atoms with Crippen LogP contribution >= 0.6 is 0 Å². The number of carbonyl (C=O) groups excluding carboxylic acids is 2. The van der Waals surface area contributed by atoms with E-state index in [0.29, 0.717) is 30.0 Å². The molecule has 1 saturated heterocycles. The molecule has 0 bridgehead atoms. The molecular weight excluding hydrogens is 377 g/mol. The standard InChI is InChI=1S/C21H22FN3O4/c22-18-9-3-1-7-16(18)14-29-19-10-4-2-6-15(19)12-24-25-21(27)20(26)23-13-17-8-5-11-28-17/h1-4,6-7,9-10,12,17H,5,8,11,13-14H2,(H,23,26)(H,25,27)/b24-12-/t17-/m0/s1. The molecule has 1 aliphatic heterocycles. The van der Waals surface area contributed by atoms with Crippen molar-refractivity contribution in [1.29, 1.82) is 0 Å². The van der Waals surface area contributed by atoms with Crippen molar-refractivity contribution in [3.05, 3.63) is 65.5 Å². The summed E-state index contributed by atoms with van der Waals surface area (Å²) in [6.07, 6.45) is 3.13. The Kier molecular flexibility index (Phi) is 7.29. The van der Waals surface area contributed by atoms with Crippen molar-refractivity contribution in [2.45, 2.75) is 25.6 Å². The molecule has 2 amide bonds. The van der Waals surface area contributed by atoms with Crippen LogP contribution in [0.2, 0.25) is 0 Å². The third-order valence-electron chi connectivity index (χ3n) is 4.35. The van der Waals surface area contributed by atoms with Crippen LogP contribution in [0, 0.1) is 5.82 Å². The topological polar surface area (TPSA) is 89.0 Å². The predicted octanol–water partition coefficient (Wildman–Crippen LogP) is 2.15. The molecule has 1 fully saturated rings. The molecule has 1 heterocycles. The van der Waals surface area contributed by atoms with Crippen molar-refractivity contribution < 1.29 is 23.5 Å². The van der Waals surface area contributed by atoms with Gasteiger partial charge in [0.25, 0.3) is 0 Å². The zero-order chi connectivity index (χ0) is 20.5. The molecule has 1 atom stereocenters. The summed E-state index contributed by atoms with van der Waals surface area (Å²) in [7, 11) is 0. The fourth-order valence-electron chi connectivity index (χ4n) is 2.79. The third kappa shape index (κ3) is 6.11. The Morgan fingerprint density at radius 1 is 1.17 bits per heavy atom. The minimum Gasteiger partial charge on any atom is -0.488 e. The summed E-state index contributed by atoms with van der Waals surface area (Å²) < 4.78 is 24.8. The SMILES string of the molecule is O=C(NC[C@@H]1CCCO1)C(=O)N/N=C\c1ccccc1OCc1ccccc1F. The second kappa shape index (κ2) is 10.3. The molecule has 2 aromatic carbocycles. The second-order valence-corrected chi connectivity index (χ2v) is 6.46. The third-order valence-corrected chi connectivity index (χ3v) is 4.35. The van der Waals surface area contributed by atoms with E-state index in [0.717, 1.165) is 12.8 Å². The van der Waals surface area contributed by atoms with E-state index < -0.39 is 11.8 Å². The first kappa shape index (κ1) is 20.5. The fraction of sp³-hybridized carbons (Fsp3) is 0.286. The Hall–Kier alpha value is -3.26. The van der Waals surface area contributed by atoms with Crippen LogP contribution in [0.25, 0.3) is 0 Å². The summed E-state index contributed by atoms with van der Waals surface area (Å²) in [6, 6.07) is 13.3. The fourth-order valence-corrected chi connectivity index (χ4v) is 2.79. The van der Waals surface area contributed by atoms with Gasteiger partial charge in [0.05, 0.1) is 12.3 Å². The lowest BCUT2D eigenvalue weighted by atomic mass is 10.2. The molecule has 0 unspecified atom stereocenters. The summed E-state index contributed by atoms with van der Waals surface area (Å²) in [5.41, 5.74) is 3.18. The molecular formula is C21H22FN3O4. The minimum atomic E-state index is -0.871. The largest absolute Gasteiger partial charge is 0.488 e. The number of nitrogens with zero attached hydrogens (tertiary/aromatic N) is 1. The number of rotatable bonds is 7. The van der Waals surface area contributed by atoms with Crippen LogP contribution in [-0.4, -0.2) is 37.3 Å². The van der Waals surface area contributed by atoms with Gasteiger partial charge < -0.3 is 14.8 Å². The van der Waals surface area contributed by atoms with E-state index in [1.165, 1.54) is 12.3 Å². The summed E-state index contributed by atoms with van der Waals surface area (Å²) in [5, 5.41) is 6.32. The van der Waals surface area contributed by atoms with Crippen LogP contribution in [-0.2, 0) is 20.9 Å². The van der Waals surface area contributed by atoms with Gasteiger partial charge in [-0.2, -0.15) is 5.10 Å². The molecule has 0 spiro atoms. The van der Waals surface area contributed by atoms with Gasteiger partial charge in [0.1, 0.15) is 18.2 Å². The van der Waals surface area contributed by atoms with Crippen LogP contribution in [0.1, 0.15) is 24.0 Å². The maximum Gasteiger partial charge on any atom is 0.329 e. The maximum atomic E-state index is 13.7. The number of carbonyl (C=O) groups is 2. The van der Waals surface area contributed by atoms with E-state index in [2.05, 4.69) is 15.8 Å². The van der Waals surface area contributed by atoms with Crippen molar-refractivity contribution >= 4 is 18.0 Å². The predicted molar refractivity (Wildman–Crippen MR) is 105 cm³/mol. The van der Waals surface area contributed by atoms with E-state index in [1.54, 1.807) is 42.5 Å². The first-order chi connectivity index (χ1) is 14.1. The number of hydrogen-bond acceptors (Lipinski definition) is 5. The van der Waals surface area contributed by atoms with Gasteiger partial charge in [-0.1, -0.05) is 30.3 Å². The molecule has 2 aromatic rings. The van der Waals surface area contributed by atoms with Crippen LogP contribution in [0.3, 0.4) is 0 Å². The highest BCUT2D eigenvalue weighted by atomic mass is 19.1. The molecule has 0 aromatic heterocycles. The summed E-state index contributed by atoms with van der Waals surface area (Å²) in [6.45, 7) is 1.02. The van der Waals surface area contributed by atoms with Crippen LogP contribution < -0.4 is 15.5 Å². The van der Waals surface area contributed by atoms with Crippen LogP contribution in [0.4, 0.5) is 4.39 Å². The monoisotopic (exact) mass is 399 g/mol. The number of hydrazone groups is 1. The van der Waals surface area contributed by atoms with E-state index in [4.69, 9.17) is 9.47 Å². The lowest BCUT2D eigenvalue weighted by Gasteiger charge is -2.10. The number of halogens is 1. The highest BCUT2D eigenvalue weighted by Crippen LogP contribution is 2.18. The average molecular weight is 399 g/mol. The molecule has 0 radical (unpaired) electrons. The highest BCUT2D eigenvalue weighted by molar-refractivity contribution is 6.35. The van der Waals surface area contributed by atoms with E-state index in [-0.39, 0.29) is 18.5 Å². The molecule has 152 valence electrons. The number of ether oxygens (including phenoxy) is 2. The van der Waals surface area contributed by atoms with E-state index >= 15 is 0 Å². The van der Waals surface area contributed by atoms with Gasteiger partial charge in [-0.25, -0.2) is 9.82 Å². The normalized spacial score (nSPS) is 16.0. The van der Waals surface area contributed by atoms with Crippen molar-refractivity contribution in [1.82, 2.24) is 10.7 Å². The zero-order valence-electron chi connectivity index (χ0n) is 15.8. The molecule has 0 saturated carbocycles. The van der Waals surface area contributed by atoms with Gasteiger partial charge in [-0.15, -0.1) is 0 Å². The Balaban J connectivity index is 1.51. The van der Waals surface area contributed by atoms with Gasteiger partial charge in [0.15, 0.2) is 0 Å². The number of hydrogen-bond donors (Lipinski definition) is 2. The van der Waals surface area contributed by atoms with Crippen LogP contribution in [0.5, 0.6) is 5.75 Å². The Morgan fingerprint density at radius 3 is 2.76 bits per heavy atom. The van der Waals surface area contributed by atoms with Crippen molar-refractivity contribution in [2.24, 2.45) is 5.10 Å². The Morgan fingerprint density at radius 2 is 1.97 bits per heavy atom. The number of benzene rings is 2. The summed E-state index contributed by atoms with van der Waals surface area (Å²) in [4.78, 5) is 23.6. The van der Waals surface area contributed by atoms with Gasteiger partial charge in [0, 0.05) is 24.3 Å². The number of nitrogens with one attached hydrogen (secondary N) is 2. The number of amides is 2. The molecule has 2 N–H and O–H groups in total. The first-order valence-electron chi connectivity index (χ1n) is 9.31. The molecule has 8 heteroatoms. The van der Waals surface area contributed by atoms with Crippen molar-refractivity contribution in [2.75, 3.05) is 13.2 Å². The average Bonchev–Trinajstić information content (AvgIpc) is 3.26. The van der Waals surface area contributed by atoms with Gasteiger partial charge >= 0.3 is 11.8 Å². The minimum absolute atomic E-state index is 0.0475. The van der Waals surface area contributed by atoms with Gasteiger partial charge in [-0.05, 0) is 31.0 Å². The van der Waals surface area contributed by atoms with Gasteiger partial charge in [-0.3, -0.25) is 9.59 Å². The molecule has 29 heavy (non-hydrogen) atoms. The quantitative estimate of drug-likeness (QED) is 0.424. The van der Waals surface area contributed by atoms with Gasteiger partial charge in [0.2, 0.25) is 0 Å². The molecule has 3 rings (SSSR count). The maximum absolute atomic E-state index is 13.7. The van der Waals surface area contributed by atoms with Crippen molar-refractivity contribution in [3.63, 3.8) is 0 Å². The van der Waals surface area contributed by atoms with Crippen molar-refractivity contribution in [3.8, 4) is 5.75 Å². The summed E-state index contributed by atoms with van der Waals surface area (Å²) in [5.74, 6) is -1.53. The highest BCUT2D eigenvalue weighted by Gasteiger charge is 2.19. The second-order valence-electron chi connectivity index (χ2n) is 6.46. The Labute approximate surface area is 167 Å². The molecule has 0 aliphatic carbocycles. The lowest BCUT2D eigenvalue weighted by molar-refractivity contribution is -0.139. The Bertz CT molecular complexity index is 882. The first-order valence-corrected chi connectivity index (χ1v) is 9.31. The van der Waals surface area contributed by atoms with E-state index in [9.17, 15) is 14.0 Å². The van der Waals surface area contributed by atoms with Crippen LogP contribution in [0.15, 0.2) is 53.6 Å².